The number of aliphatic carboxylic acids is 1. The smallest absolute Gasteiger partial charge is 0.303 e. The summed E-state index contributed by atoms with van der Waals surface area (Å²) in [6, 6.07) is 2.94. The molecule has 1 aromatic rings. The van der Waals surface area contributed by atoms with Gasteiger partial charge in [-0.25, -0.2) is 0 Å². The highest BCUT2D eigenvalue weighted by Gasteiger charge is 2.20. The van der Waals surface area contributed by atoms with Crippen molar-refractivity contribution in [2.45, 2.75) is 19.3 Å². The lowest BCUT2D eigenvalue weighted by Crippen LogP contribution is -2.05. The molecule has 0 amide bonds. The van der Waals surface area contributed by atoms with E-state index < -0.39 is 5.97 Å². The van der Waals surface area contributed by atoms with Crippen molar-refractivity contribution in [3.8, 4) is 11.5 Å². The van der Waals surface area contributed by atoms with Gasteiger partial charge in [-0.3, -0.25) is 4.79 Å². The van der Waals surface area contributed by atoms with Crippen molar-refractivity contribution in [3.63, 3.8) is 0 Å². The van der Waals surface area contributed by atoms with Gasteiger partial charge < -0.3 is 14.9 Å². The maximum atomic E-state index is 10.6. The van der Waals surface area contributed by atoms with Gasteiger partial charge in [-0.15, -0.1) is 0 Å². The van der Waals surface area contributed by atoms with E-state index in [0.29, 0.717) is 16.3 Å². The number of methoxy groups -OCH3 is 1. The second-order valence-corrected chi connectivity index (χ2v) is 3.92. The lowest BCUT2D eigenvalue weighted by atomic mass is 9.96. The molecule has 0 aliphatic carbocycles. The summed E-state index contributed by atoms with van der Waals surface area (Å²) in [5.41, 5.74) is 0.428. The van der Waals surface area contributed by atoms with Crippen LogP contribution in [-0.4, -0.2) is 23.3 Å². The first-order valence-corrected chi connectivity index (χ1v) is 5.12. The fourth-order valence-electron chi connectivity index (χ4n) is 1.61. The molecule has 1 atom stereocenters. The molecule has 5 heteroatoms. The number of rotatable bonds is 4. The molecule has 16 heavy (non-hydrogen) atoms. The fraction of sp³-hybridized carbons (Fsp3) is 0.364. The van der Waals surface area contributed by atoms with E-state index in [1.807, 2.05) is 0 Å². The molecular weight excluding hydrogens is 232 g/mol. The minimum absolute atomic E-state index is 0.00463. The summed E-state index contributed by atoms with van der Waals surface area (Å²) in [7, 11) is 1.43. The summed E-state index contributed by atoms with van der Waals surface area (Å²) in [6.45, 7) is 1.70. The van der Waals surface area contributed by atoms with Crippen LogP contribution in [0.4, 0.5) is 0 Å². The van der Waals surface area contributed by atoms with Gasteiger partial charge in [0.15, 0.2) is 0 Å². The number of hydrogen-bond acceptors (Lipinski definition) is 3. The maximum Gasteiger partial charge on any atom is 0.303 e. The highest BCUT2D eigenvalue weighted by Crippen LogP contribution is 2.40. The normalized spacial score (nSPS) is 12.2. The molecule has 88 valence electrons. The Bertz CT molecular complexity index is 403. The highest BCUT2D eigenvalue weighted by atomic mass is 35.5. The Morgan fingerprint density at radius 2 is 2.19 bits per heavy atom. The lowest BCUT2D eigenvalue weighted by Gasteiger charge is -2.16. The first-order valence-electron chi connectivity index (χ1n) is 4.74. The number of carboxylic acids is 1. The molecule has 0 bridgehead atoms. The molecule has 0 heterocycles. The van der Waals surface area contributed by atoms with Crippen molar-refractivity contribution in [3.05, 3.63) is 22.7 Å². The standard InChI is InChI=1S/C11H13ClO4/c1-6(5-9(14)15)10-8(13)4-3-7(12)11(10)16-2/h3-4,6,13H,5H2,1-2H3,(H,14,15). The summed E-state index contributed by atoms with van der Waals surface area (Å²) in [5.74, 6) is -0.981. The summed E-state index contributed by atoms with van der Waals surface area (Å²) >= 11 is 5.90. The van der Waals surface area contributed by atoms with Gasteiger partial charge in [-0.2, -0.15) is 0 Å². The minimum Gasteiger partial charge on any atom is -0.508 e. The second-order valence-electron chi connectivity index (χ2n) is 3.51. The number of phenols is 1. The molecule has 0 saturated carbocycles. The van der Waals surface area contributed by atoms with E-state index >= 15 is 0 Å². The number of phenolic OH excluding ortho intramolecular Hbond substituents is 1. The van der Waals surface area contributed by atoms with Crippen molar-refractivity contribution >= 4 is 17.6 Å². The zero-order valence-electron chi connectivity index (χ0n) is 9.03. The molecule has 1 aromatic carbocycles. The highest BCUT2D eigenvalue weighted by molar-refractivity contribution is 6.32. The summed E-state index contributed by atoms with van der Waals surface area (Å²) < 4.78 is 5.07. The van der Waals surface area contributed by atoms with Gasteiger partial charge in [-0.1, -0.05) is 18.5 Å². The molecular formula is C11H13ClO4. The molecule has 2 N–H and O–H groups in total. The largest absolute Gasteiger partial charge is 0.508 e. The zero-order chi connectivity index (χ0) is 12.3. The third kappa shape index (κ3) is 2.58. The number of ether oxygens (including phenoxy) is 1. The first kappa shape index (κ1) is 12.6. The Kier molecular flexibility index (Phi) is 4.01. The molecule has 1 unspecified atom stereocenters. The van der Waals surface area contributed by atoms with Crippen LogP contribution in [0.3, 0.4) is 0 Å². The van der Waals surface area contributed by atoms with Crippen LogP contribution in [0.1, 0.15) is 24.8 Å². The van der Waals surface area contributed by atoms with Crippen LogP contribution in [-0.2, 0) is 4.79 Å². The van der Waals surface area contributed by atoms with Crippen LogP contribution in [0.25, 0.3) is 0 Å². The SMILES string of the molecule is COc1c(Cl)ccc(O)c1C(C)CC(=O)O. The predicted molar refractivity (Wildman–Crippen MR) is 60.3 cm³/mol. The topological polar surface area (TPSA) is 66.8 Å². The van der Waals surface area contributed by atoms with Gasteiger partial charge >= 0.3 is 5.97 Å². The summed E-state index contributed by atoms with van der Waals surface area (Å²) in [4.78, 5) is 10.6. The van der Waals surface area contributed by atoms with Gasteiger partial charge in [0, 0.05) is 5.56 Å². The Labute approximate surface area is 98.4 Å². The van der Waals surface area contributed by atoms with Crippen molar-refractivity contribution in [2.75, 3.05) is 7.11 Å². The van der Waals surface area contributed by atoms with E-state index in [2.05, 4.69) is 0 Å². The van der Waals surface area contributed by atoms with Gasteiger partial charge in [0.25, 0.3) is 0 Å². The monoisotopic (exact) mass is 244 g/mol. The summed E-state index contributed by atoms with van der Waals surface area (Å²) in [6.07, 6.45) is -0.0930. The number of carbonyl (C=O) groups is 1. The zero-order valence-corrected chi connectivity index (χ0v) is 9.78. The van der Waals surface area contributed by atoms with Crippen LogP contribution in [0, 0.1) is 0 Å². The van der Waals surface area contributed by atoms with Gasteiger partial charge in [-0.05, 0) is 18.1 Å². The molecule has 0 saturated heterocycles. The van der Waals surface area contributed by atoms with Crippen molar-refractivity contribution in [1.82, 2.24) is 0 Å². The van der Waals surface area contributed by atoms with E-state index in [-0.39, 0.29) is 18.1 Å². The molecule has 0 fully saturated rings. The van der Waals surface area contributed by atoms with Crippen molar-refractivity contribution in [2.24, 2.45) is 0 Å². The minimum atomic E-state index is -0.936. The lowest BCUT2D eigenvalue weighted by molar-refractivity contribution is -0.137. The van der Waals surface area contributed by atoms with Crippen LogP contribution < -0.4 is 4.74 Å². The van der Waals surface area contributed by atoms with Crippen LogP contribution in [0.2, 0.25) is 5.02 Å². The van der Waals surface area contributed by atoms with Crippen LogP contribution >= 0.6 is 11.6 Å². The first-order chi connectivity index (χ1) is 7.47. The van der Waals surface area contributed by atoms with Gasteiger partial charge in [0.05, 0.1) is 18.6 Å². The van der Waals surface area contributed by atoms with Crippen molar-refractivity contribution in [1.29, 1.82) is 0 Å². The Morgan fingerprint density at radius 1 is 1.56 bits per heavy atom. The molecule has 4 nitrogen and oxygen atoms in total. The molecule has 1 rings (SSSR count). The number of hydrogen-bond donors (Lipinski definition) is 2. The quantitative estimate of drug-likeness (QED) is 0.855. The third-order valence-corrected chi connectivity index (χ3v) is 2.60. The van der Waals surface area contributed by atoms with Crippen LogP contribution in [0.5, 0.6) is 11.5 Å². The Morgan fingerprint density at radius 3 is 2.69 bits per heavy atom. The fourth-order valence-corrected chi connectivity index (χ4v) is 1.85. The second kappa shape index (κ2) is 5.07. The average Bonchev–Trinajstić information content (AvgIpc) is 2.19. The Hall–Kier alpha value is -1.42. The molecule has 0 aliphatic rings. The predicted octanol–water partition coefficient (Wildman–Crippen LogP) is 2.63. The van der Waals surface area contributed by atoms with E-state index in [9.17, 15) is 9.90 Å². The molecule has 0 spiro atoms. The van der Waals surface area contributed by atoms with E-state index in [1.54, 1.807) is 6.92 Å². The van der Waals surface area contributed by atoms with Gasteiger partial charge in [0.2, 0.25) is 0 Å². The van der Waals surface area contributed by atoms with E-state index in [4.69, 9.17) is 21.4 Å². The number of carboxylic acid groups (broad SMARTS) is 1. The molecule has 0 aliphatic heterocycles. The van der Waals surface area contributed by atoms with Crippen molar-refractivity contribution < 1.29 is 19.7 Å². The van der Waals surface area contributed by atoms with E-state index in [0.717, 1.165) is 0 Å². The van der Waals surface area contributed by atoms with Crippen LogP contribution in [0.15, 0.2) is 12.1 Å². The molecule has 0 radical (unpaired) electrons. The Balaban J connectivity index is 3.19. The third-order valence-electron chi connectivity index (χ3n) is 2.30. The number of benzene rings is 1. The number of aromatic hydroxyl groups is 1. The average molecular weight is 245 g/mol. The molecule has 0 aromatic heterocycles. The van der Waals surface area contributed by atoms with E-state index in [1.165, 1.54) is 19.2 Å². The maximum absolute atomic E-state index is 10.6. The van der Waals surface area contributed by atoms with Gasteiger partial charge in [0.1, 0.15) is 11.5 Å². The number of halogens is 1. The summed E-state index contributed by atoms with van der Waals surface area (Å²) in [5, 5.41) is 18.8.